The molecule has 1 aromatic rings. The van der Waals surface area contributed by atoms with Crippen LogP contribution in [0.2, 0.25) is 0 Å². The molecule has 1 aliphatic carbocycles. The van der Waals surface area contributed by atoms with E-state index >= 15 is 0 Å². The molecule has 1 aliphatic heterocycles. The third-order valence-corrected chi connectivity index (χ3v) is 4.22. The van der Waals surface area contributed by atoms with Gasteiger partial charge in [-0.3, -0.25) is 0 Å². The lowest BCUT2D eigenvalue weighted by molar-refractivity contribution is 0.494. The van der Waals surface area contributed by atoms with Gasteiger partial charge in [-0.05, 0) is 24.7 Å². The lowest BCUT2D eigenvalue weighted by Gasteiger charge is -2.14. The second-order valence-corrected chi connectivity index (χ2v) is 5.02. The minimum absolute atomic E-state index is 0.419. The van der Waals surface area contributed by atoms with Crippen molar-refractivity contribution in [3.63, 3.8) is 0 Å². The van der Waals surface area contributed by atoms with E-state index in [1.807, 2.05) is 0 Å². The number of rotatable bonds is 1. The summed E-state index contributed by atoms with van der Waals surface area (Å²) in [5.74, 6) is 2.22. The van der Waals surface area contributed by atoms with Gasteiger partial charge in [0.2, 0.25) is 11.1 Å². The highest BCUT2D eigenvalue weighted by atomic mass is 32.1. The lowest BCUT2D eigenvalue weighted by Crippen LogP contribution is -2.20. The summed E-state index contributed by atoms with van der Waals surface area (Å²) in [6.45, 7) is 2.33. The van der Waals surface area contributed by atoms with E-state index in [4.69, 9.17) is 5.73 Å². The Morgan fingerprint density at radius 3 is 2.57 bits per heavy atom. The summed E-state index contributed by atoms with van der Waals surface area (Å²) >= 11 is 1.43. The average Bonchev–Trinajstić information content (AvgIpc) is 2.75. The average molecular weight is 210 g/mol. The Labute approximate surface area is 87.3 Å². The topological polar surface area (TPSA) is 55.0 Å². The number of nitrogens with zero attached hydrogens (tertiary/aromatic N) is 3. The standard InChI is InChI=1S/C9H14N4S/c10-8-11-9(14-12-8)13-4-6-2-1-3-7(6)5-13/h6-7H,1-5H2,(H2,10,12). The molecule has 5 heteroatoms. The molecule has 2 heterocycles. The van der Waals surface area contributed by atoms with Crippen molar-refractivity contribution in [1.29, 1.82) is 0 Å². The maximum Gasteiger partial charge on any atom is 0.233 e. The molecule has 4 nitrogen and oxygen atoms in total. The van der Waals surface area contributed by atoms with Gasteiger partial charge < -0.3 is 10.6 Å². The van der Waals surface area contributed by atoms with E-state index in [2.05, 4.69) is 14.3 Å². The van der Waals surface area contributed by atoms with Crippen molar-refractivity contribution in [2.24, 2.45) is 11.8 Å². The number of aromatic nitrogens is 2. The van der Waals surface area contributed by atoms with Crippen molar-refractivity contribution in [1.82, 2.24) is 9.36 Å². The number of nitrogen functional groups attached to an aromatic ring is 1. The Balaban J connectivity index is 1.76. The van der Waals surface area contributed by atoms with Gasteiger partial charge in [-0.15, -0.1) is 0 Å². The fourth-order valence-corrected chi connectivity index (χ4v) is 3.36. The summed E-state index contributed by atoms with van der Waals surface area (Å²) in [5.41, 5.74) is 5.52. The molecule has 2 unspecified atom stereocenters. The van der Waals surface area contributed by atoms with Gasteiger partial charge in [0.1, 0.15) is 0 Å². The smallest absolute Gasteiger partial charge is 0.233 e. The van der Waals surface area contributed by atoms with Crippen molar-refractivity contribution in [3.8, 4) is 0 Å². The number of hydrogen-bond donors (Lipinski definition) is 1. The molecule has 0 radical (unpaired) electrons. The molecule has 0 amide bonds. The second kappa shape index (κ2) is 3.08. The van der Waals surface area contributed by atoms with Gasteiger partial charge in [0.25, 0.3) is 0 Å². The van der Waals surface area contributed by atoms with Crippen LogP contribution in [0.5, 0.6) is 0 Å². The van der Waals surface area contributed by atoms with Crippen molar-refractivity contribution < 1.29 is 0 Å². The first-order chi connectivity index (χ1) is 6.83. The molecule has 1 aromatic heterocycles. The predicted octanol–water partition coefficient (Wildman–Crippen LogP) is 1.36. The van der Waals surface area contributed by atoms with Gasteiger partial charge in [0.15, 0.2) is 0 Å². The highest BCUT2D eigenvalue weighted by Crippen LogP contribution is 2.39. The molecule has 2 N–H and O–H groups in total. The Morgan fingerprint density at radius 2 is 2.00 bits per heavy atom. The van der Waals surface area contributed by atoms with Crippen LogP contribution in [0.3, 0.4) is 0 Å². The largest absolute Gasteiger partial charge is 0.367 e. The van der Waals surface area contributed by atoms with Gasteiger partial charge in [-0.25, -0.2) is 0 Å². The number of hydrogen-bond acceptors (Lipinski definition) is 5. The summed E-state index contributed by atoms with van der Waals surface area (Å²) in [4.78, 5) is 6.58. The zero-order valence-electron chi connectivity index (χ0n) is 8.02. The van der Waals surface area contributed by atoms with Gasteiger partial charge in [-0.2, -0.15) is 9.36 Å². The second-order valence-electron chi connectivity index (χ2n) is 4.29. The fraction of sp³-hybridized carbons (Fsp3) is 0.778. The summed E-state index contributed by atoms with van der Waals surface area (Å²) in [7, 11) is 0. The van der Waals surface area contributed by atoms with E-state index < -0.39 is 0 Å². The van der Waals surface area contributed by atoms with Crippen LogP contribution in [0.4, 0.5) is 11.1 Å². The molecule has 2 fully saturated rings. The van der Waals surface area contributed by atoms with Crippen LogP contribution >= 0.6 is 11.5 Å². The van der Waals surface area contributed by atoms with Crippen LogP contribution in [0.15, 0.2) is 0 Å². The minimum Gasteiger partial charge on any atom is -0.367 e. The summed E-state index contributed by atoms with van der Waals surface area (Å²) in [5, 5.41) is 1.01. The van der Waals surface area contributed by atoms with Gasteiger partial charge in [-0.1, -0.05) is 6.42 Å². The summed E-state index contributed by atoms with van der Waals surface area (Å²) in [6, 6.07) is 0. The molecule has 0 aromatic carbocycles. The molecule has 1 saturated heterocycles. The fourth-order valence-electron chi connectivity index (χ4n) is 2.75. The first kappa shape index (κ1) is 8.47. The minimum atomic E-state index is 0.419. The van der Waals surface area contributed by atoms with Crippen LogP contribution in [0, 0.1) is 11.8 Å². The SMILES string of the molecule is Nc1nsc(N2CC3CCCC3C2)n1. The number of anilines is 2. The highest BCUT2D eigenvalue weighted by molar-refractivity contribution is 7.09. The van der Waals surface area contributed by atoms with Crippen LogP contribution in [-0.4, -0.2) is 22.4 Å². The van der Waals surface area contributed by atoms with Gasteiger partial charge >= 0.3 is 0 Å². The maximum absolute atomic E-state index is 5.52. The van der Waals surface area contributed by atoms with E-state index in [0.29, 0.717) is 5.95 Å². The first-order valence-electron chi connectivity index (χ1n) is 5.17. The third-order valence-electron chi connectivity index (χ3n) is 3.43. The van der Waals surface area contributed by atoms with Crippen LogP contribution in [-0.2, 0) is 0 Å². The van der Waals surface area contributed by atoms with E-state index in [1.54, 1.807) is 0 Å². The zero-order chi connectivity index (χ0) is 9.54. The molecule has 2 atom stereocenters. The molecule has 1 saturated carbocycles. The van der Waals surface area contributed by atoms with Crippen molar-refractivity contribution in [2.75, 3.05) is 23.7 Å². The molecule has 76 valence electrons. The predicted molar refractivity (Wildman–Crippen MR) is 57.4 cm³/mol. The Morgan fingerprint density at radius 1 is 1.29 bits per heavy atom. The Kier molecular flexibility index (Phi) is 1.87. The van der Waals surface area contributed by atoms with E-state index in [-0.39, 0.29) is 0 Å². The quantitative estimate of drug-likeness (QED) is 0.760. The van der Waals surface area contributed by atoms with Crippen molar-refractivity contribution >= 4 is 22.6 Å². The van der Waals surface area contributed by atoms with E-state index in [9.17, 15) is 0 Å². The van der Waals surface area contributed by atoms with Crippen LogP contribution in [0.1, 0.15) is 19.3 Å². The Bertz CT molecular complexity index is 325. The van der Waals surface area contributed by atoms with Crippen molar-refractivity contribution in [2.45, 2.75) is 19.3 Å². The van der Waals surface area contributed by atoms with Crippen molar-refractivity contribution in [3.05, 3.63) is 0 Å². The lowest BCUT2D eigenvalue weighted by atomic mass is 10.0. The monoisotopic (exact) mass is 210 g/mol. The molecule has 0 spiro atoms. The molecule has 0 bridgehead atoms. The molecular weight excluding hydrogens is 196 g/mol. The Hall–Kier alpha value is -0.840. The highest BCUT2D eigenvalue weighted by Gasteiger charge is 2.37. The van der Waals surface area contributed by atoms with Gasteiger partial charge in [0, 0.05) is 24.6 Å². The molecule has 14 heavy (non-hydrogen) atoms. The normalized spacial score (nSPS) is 31.0. The number of fused-ring (bicyclic) bond motifs is 1. The van der Waals surface area contributed by atoms with Crippen LogP contribution in [0.25, 0.3) is 0 Å². The van der Waals surface area contributed by atoms with Gasteiger partial charge in [0.05, 0.1) is 0 Å². The van der Waals surface area contributed by atoms with E-state index in [0.717, 1.165) is 17.0 Å². The summed E-state index contributed by atoms with van der Waals surface area (Å²) in [6.07, 6.45) is 4.21. The summed E-state index contributed by atoms with van der Waals surface area (Å²) < 4.78 is 4.02. The zero-order valence-corrected chi connectivity index (χ0v) is 8.83. The molecular formula is C9H14N4S. The first-order valence-corrected chi connectivity index (χ1v) is 5.94. The van der Waals surface area contributed by atoms with Crippen LogP contribution < -0.4 is 10.6 Å². The molecule has 2 aliphatic rings. The molecule has 3 rings (SSSR count). The third kappa shape index (κ3) is 1.27. The maximum atomic E-state index is 5.52. The van der Waals surface area contributed by atoms with E-state index in [1.165, 1.54) is 43.9 Å². The number of nitrogens with two attached hydrogens (primary N) is 1.